The fraction of sp³-hybridized carbons (Fsp3) is 0.500. The van der Waals surface area contributed by atoms with Gasteiger partial charge in [-0.25, -0.2) is 0 Å². The number of hydrogen-bond donors (Lipinski definition) is 1. The molecule has 0 aromatic heterocycles. The van der Waals surface area contributed by atoms with Gasteiger partial charge in [0.15, 0.2) is 0 Å². The molecule has 0 aliphatic heterocycles. The molecule has 0 aliphatic carbocycles. The minimum Gasteiger partial charge on any atom is -0.313 e. The molecule has 1 nitrogen and oxygen atoms in total. The lowest BCUT2D eigenvalue weighted by atomic mass is 9.99. The Morgan fingerprint density at radius 1 is 1.39 bits per heavy atom. The van der Waals surface area contributed by atoms with Crippen LogP contribution in [-0.4, -0.2) is 13.1 Å². The van der Waals surface area contributed by atoms with Gasteiger partial charge in [-0.05, 0) is 43.0 Å². The minimum atomic E-state index is 0.582. The van der Waals surface area contributed by atoms with Crippen LogP contribution in [0.1, 0.15) is 38.3 Å². The Kier molecular flexibility index (Phi) is 6.66. The molecule has 1 rings (SSSR count). The van der Waals surface area contributed by atoms with Crippen LogP contribution in [-0.2, 0) is 0 Å². The number of nitrogens with one attached hydrogen (secondary N) is 1. The number of halogens is 1. The molecule has 0 atom stereocenters. The Morgan fingerprint density at radius 2 is 2.11 bits per heavy atom. The molecule has 0 saturated carbocycles. The van der Waals surface area contributed by atoms with Crippen molar-refractivity contribution in [3.63, 3.8) is 0 Å². The van der Waals surface area contributed by atoms with Gasteiger partial charge in [-0.15, -0.1) is 0 Å². The van der Waals surface area contributed by atoms with Crippen LogP contribution in [0.5, 0.6) is 0 Å². The van der Waals surface area contributed by atoms with Crippen molar-refractivity contribution < 1.29 is 0 Å². The Morgan fingerprint density at radius 3 is 2.67 bits per heavy atom. The van der Waals surface area contributed by atoms with Crippen molar-refractivity contribution in [2.45, 2.75) is 34.1 Å². The summed E-state index contributed by atoms with van der Waals surface area (Å²) in [7, 11) is 0. The van der Waals surface area contributed by atoms with Gasteiger partial charge >= 0.3 is 0 Å². The van der Waals surface area contributed by atoms with E-state index in [1.54, 1.807) is 0 Å². The van der Waals surface area contributed by atoms with Crippen LogP contribution in [0.3, 0.4) is 0 Å². The number of aryl methyl sites for hydroxylation is 1. The van der Waals surface area contributed by atoms with E-state index in [-0.39, 0.29) is 0 Å². The Balaban J connectivity index is 2.83. The van der Waals surface area contributed by atoms with Crippen LogP contribution in [0.4, 0.5) is 0 Å². The maximum atomic E-state index is 3.54. The molecule has 0 radical (unpaired) electrons. The molecule has 1 aromatic rings. The summed E-state index contributed by atoms with van der Waals surface area (Å²) in [5.74, 6) is 0.582. The molecule has 1 aromatic carbocycles. The summed E-state index contributed by atoms with van der Waals surface area (Å²) >= 11 is 3.54. The van der Waals surface area contributed by atoms with E-state index in [0.717, 1.165) is 13.1 Å². The number of benzene rings is 1. The third-order valence-electron chi connectivity index (χ3n) is 3.03. The smallest absolute Gasteiger partial charge is 0.0204 e. The second kappa shape index (κ2) is 7.75. The van der Waals surface area contributed by atoms with Gasteiger partial charge in [0.2, 0.25) is 0 Å². The summed E-state index contributed by atoms with van der Waals surface area (Å²) in [6.07, 6.45) is 3.50. The second-order valence-corrected chi connectivity index (χ2v) is 5.91. The molecule has 0 bridgehead atoms. The average molecular weight is 310 g/mol. The SMILES string of the molecule is CCCNCC(=Cc1ccc(Br)c(C)c1)C(C)C. The standard InChI is InChI=1S/C16H24BrN/c1-5-8-18-11-15(12(2)3)10-14-6-7-16(17)13(4)9-14/h6-7,9-10,12,18H,5,8,11H2,1-4H3. The highest BCUT2D eigenvalue weighted by Crippen LogP contribution is 2.20. The predicted molar refractivity (Wildman–Crippen MR) is 84.9 cm³/mol. The van der Waals surface area contributed by atoms with Gasteiger partial charge in [-0.1, -0.05) is 60.5 Å². The highest BCUT2D eigenvalue weighted by atomic mass is 79.9. The first-order valence-corrected chi connectivity index (χ1v) is 7.51. The normalized spacial score (nSPS) is 12.2. The molecule has 0 spiro atoms. The van der Waals surface area contributed by atoms with Crippen molar-refractivity contribution in [1.82, 2.24) is 5.32 Å². The Bertz CT molecular complexity index is 408. The number of hydrogen-bond acceptors (Lipinski definition) is 1. The lowest BCUT2D eigenvalue weighted by Crippen LogP contribution is -2.19. The highest BCUT2D eigenvalue weighted by Gasteiger charge is 2.04. The van der Waals surface area contributed by atoms with Crippen LogP contribution in [0.15, 0.2) is 28.2 Å². The van der Waals surface area contributed by atoms with Gasteiger partial charge in [0.25, 0.3) is 0 Å². The van der Waals surface area contributed by atoms with Crippen LogP contribution >= 0.6 is 15.9 Å². The molecule has 0 fully saturated rings. The molecular weight excluding hydrogens is 286 g/mol. The number of rotatable bonds is 6. The van der Waals surface area contributed by atoms with Gasteiger partial charge in [0, 0.05) is 11.0 Å². The van der Waals surface area contributed by atoms with Crippen LogP contribution in [0.2, 0.25) is 0 Å². The van der Waals surface area contributed by atoms with Crippen molar-refractivity contribution in [3.8, 4) is 0 Å². The molecular formula is C16H24BrN. The molecule has 18 heavy (non-hydrogen) atoms. The van der Waals surface area contributed by atoms with Crippen LogP contribution < -0.4 is 5.32 Å². The van der Waals surface area contributed by atoms with E-state index in [0.29, 0.717) is 5.92 Å². The summed E-state index contributed by atoms with van der Waals surface area (Å²) in [4.78, 5) is 0. The van der Waals surface area contributed by atoms with E-state index in [1.165, 1.54) is 27.6 Å². The van der Waals surface area contributed by atoms with Gasteiger partial charge in [-0.3, -0.25) is 0 Å². The first kappa shape index (κ1) is 15.5. The molecule has 0 unspecified atom stereocenters. The molecule has 1 N–H and O–H groups in total. The molecule has 0 aliphatic rings. The molecule has 0 amide bonds. The maximum absolute atomic E-state index is 3.54. The van der Waals surface area contributed by atoms with E-state index < -0.39 is 0 Å². The summed E-state index contributed by atoms with van der Waals surface area (Å²) in [5, 5.41) is 3.49. The highest BCUT2D eigenvalue weighted by molar-refractivity contribution is 9.10. The van der Waals surface area contributed by atoms with Crippen molar-refractivity contribution in [3.05, 3.63) is 39.4 Å². The third-order valence-corrected chi connectivity index (χ3v) is 3.92. The van der Waals surface area contributed by atoms with Crippen molar-refractivity contribution in [2.75, 3.05) is 13.1 Å². The third kappa shape index (κ3) is 4.95. The van der Waals surface area contributed by atoms with Crippen LogP contribution in [0.25, 0.3) is 6.08 Å². The molecule has 0 heterocycles. The summed E-state index contributed by atoms with van der Waals surface area (Å²) < 4.78 is 1.18. The quantitative estimate of drug-likeness (QED) is 0.744. The van der Waals surface area contributed by atoms with Crippen LogP contribution in [0, 0.1) is 12.8 Å². The first-order chi connectivity index (χ1) is 8.54. The fourth-order valence-corrected chi connectivity index (χ4v) is 2.05. The average Bonchev–Trinajstić information content (AvgIpc) is 2.32. The molecule has 2 heteroatoms. The summed E-state index contributed by atoms with van der Waals surface area (Å²) in [6, 6.07) is 6.52. The van der Waals surface area contributed by atoms with Gasteiger partial charge in [0.05, 0.1) is 0 Å². The van der Waals surface area contributed by atoms with E-state index in [9.17, 15) is 0 Å². The molecule has 100 valence electrons. The monoisotopic (exact) mass is 309 g/mol. The zero-order chi connectivity index (χ0) is 13.5. The Labute approximate surface area is 120 Å². The zero-order valence-corrected chi connectivity index (χ0v) is 13.5. The largest absolute Gasteiger partial charge is 0.313 e. The molecule has 0 saturated heterocycles. The Hall–Kier alpha value is -0.600. The summed E-state index contributed by atoms with van der Waals surface area (Å²) in [5.41, 5.74) is 4.04. The summed E-state index contributed by atoms with van der Waals surface area (Å²) in [6.45, 7) is 10.9. The lowest BCUT2D eigenvalue weighted by Gasteiger charge is -2.13. The van der Waals surface area contributed by atoms with E-state index >= 15 is 0 Å². The minimum absolute atomic E-state index is 0.582. The van der Waals surface area contributed by atoms with Gasteiger partial charge < -0.3 is 5.32 Å². The van der Waals surface area contributed by atoms with Crippen molar-refractivity contribution in [2.24, 2.45) is 5.92 Å². The van der Waals surface area contributed by atoms with Gasteiger partial charge in [0.1, 0.15) is 0 Å². The fourth-order valence-electron chi connectivity index (χ4n) is 1.80. The predicted octanol–water partition coefficient (Wildman–Crippen LogP) is 4.80. The van der Waals surface area contributed by atoms with E-state index in [4.69, 9.17) is 0 Å². The van der Waals surface area contributed by atoms with Crippen molar-refractivity contribution >= 4 is 22.0 Å². The van der Waals surface area contributed by atoms with E-state index in [1.807, 2.05) is 0 Å². The maximum Gasteiger partial charge on any atom is 0.0204 e. The van der Waals surface area contributed by atoms with Crippen molar-refractivity contribution in [1.29, 1.82) is 0 Å². The zero-order valence-electron chi connectivity index (χ0n) is 11.9. The van der Waals surface area contributed by atoms with Gasteiger partial charge in [-0.2, -0.15) is 0 Å². The topological polar surface area (TPSA) is 12.0 Å². The second-order valence-electron chi connectivity index (χ2n) is 5.06. The van der Waals surface area contributed by atoms with E-state index in [2.05, 4.69) is 73.2 Å². The lowest BCUT2D eigenvalue weighted by molar-refractivity contribution is 0.657. The first-order valence-electron chi connectivity index (χ1n) is 6.72.